The number of benzene rings is 2. The number of carbonyl (C=O) groups is 1. The van der Waals surface area contributed by atoms with Gasteiger partial charge in [-0.25, -0.2) is 0 Å². The van der Waals surface area contributed by atoms with Crippen molar-refractivity contribution in [3.63, 3.8) is 0 Å². The zero-order chi connectivity index (χ0) is 20.5. The van der Waals surface area contributed by atoms with Gasteiger partial charge in [-0.15, -0.1) is 0 Å². The van der Waals surface area contributed by atoms with Crippen LogP contribution in [-0.4, -0.2) is 39.9 Å². The molecule has 2 aromatic carbocycles. The van der Waals surface area contributed by atoms with E-state index in [4.69, 9.17) is 9.26 Å². The second-order valence-electron chi connectivity index (χ2n) is 7.09. The molecule has 150 valence electrons. The highest BCUT2D eigenvalue weighted by atomic mass is 16.5. The van der Waals surface area contributed by atoms with Crippen molar-refractivity contribution < 1.29 is 14.1 Å². The summed E-state index contributed by atoms with van der Waals surface area (Å²) < 4.78 is 10.6. The molecule has 1 atom stereocenters. The Labute approximate surface area is 172 Å². The Hall–Kier alpha value is -3.94. The first kappa shape index (κ1) is 18.1. The Morgan fingerprint density at radius 3 is 2.70 bits per heavy atom. The molecule has 30 heavy (non-hydrogen) atoms. The minimum absolute atomic E-state index is 0.0319. The Bertz CT molecular complexity index is 1170. The predicted molar refractivity (Wildman–Crippen MR) is 110 cm³/mol. The van der Waals surface area contributed by atoms with Crippen LogP contribution in [-0.2, 0) is 4.79 Å². The minimum Gasteiger partial charge on any atom is -0.497 e. The molecule has 1 aliphatic rings. The van der Waals surface area contributed by atoms with Crippen LogP contribution < -0.4 is 9.64 Å². The first-order valence-electron chi connectivity index (χ1n) is 9.60. The first-order chi connectivity index (χ1) is 14.7. The number of amides is 1. The van der Waals surface area contributed by atoms with Crippen molar-refractivity contribution in [2.45, 2.75) is 12.3 Å². The van der Waals surface area contributed by atoms with Crippen molar-refractivity contribution in [2.75, 3.05) is 18.6 Å². The van der Waals surface area contributed by atoms with Crippen molar-refractivity contribution in [1.82, 2.24) is 20.3 Å². The van der Waals surface area contributed by atoms with Crippen LogP contribution in [0.15, 0.2) is 65.2 Å². The number of aromatic nitrogens is 4. The van der Waals surface area contributed by atoms with Gasteiger partial charge in [-0.05, 0) is 30.3 Å². The molecule has 0 aliphatic carbocycles. The molecule has 1 aliphatic heterocycles. The second kappa shape index (κ2) is 7.47. The van der Waals surface area contributed by atoms with Gasteiger partial charge in [-0.2, -0.15) is 10.1 Å². The fourth-order valence-electron chi connectivity index (χ4n) is 3.59. The number of nitrogens with one attached hydrogen (secondary N) is 1. The highest BCUT2D eigenvalue weighted by Crippen LogP contribution is 2.32. The molecular weight excluding hydrogens is 382 g/mol. The summed E-state index contributed by atoms with van der Waals surface area (Å²) >= 11 is 0. The third-order valence-corrected chi connectivity index (χ3v) is 5.19. The SMILES string of the molecule is COc1ccc(N2CC(c3noc(-c4cc(-c5ccccc5)n[nH]4)n3)CC2=O)cc1. The molecule has 5 rings (SSSR count). The topological polar surface area (TPSA) is 97.1 Å². The zero-order valence-corrected chi connectivity index (χ0v) is 16.3. The first-order valence-corrected chi connectivity index (χ1v) is 9.60. The molecular formula is C22H19N5O3. The monoisotopic (exact) mass is 401 g/mol. The molecule has 3 heterocycles. The number of carbonyl (C=O) groups excluding carboxylic acids is 1. The van der Waals surface area contributed by atoms with Crippen molar-refractivity contribution >= 4 is 11.6 Å². The molecule has 8 nitrogen and oxygen atoms in total. The van der Waals surface area contributed by atoms with E-state index in [2.05, 4.69) is 20.3 Å². The van der Waals surface area contributed by atoms with Crippen molar-refractivity contribution in [3.8, 4) is 28.6 Å². The van der Waals surface area contributed by atoms with Crippen LogP contribution in [0.4, 0.5) is 5.69 Å². The summed E-state index contributed by atoms with van der Waals surface area (Å²) in [7, 11) is 1.61. The number of methoxy groups -OCH3 is 1. The van der Waals surface area contributed by atoms with Gasteiger partial charge < -0.3 is 14.2 Å². The van der Waals surface area contributed by atoms with Crippen LogP contribution in [0.2, 0.25) is 0 Å². The lowest BCUT2D eigenvalue weighted by Gasteiger charge is -2.16. The molecule has 1 saturated heterocycles. The molecule has 1 fully saturated rings. The zero-order valence-electron chi connectivity index (χ0n) is 16.3. The van der Waals surface area contributed by atoms with Crippen molar-refractivity contribution in [3.05, 3.63) is 66.5 Å². The molecule has 0 bridgehead atoms. The second-order valence-corrected chi connectivity index (χ2v) is 7.09. The Morgan fingerprint density at radius 2 is 1.93 bits per heavy atom. The number of H-pyrrole nitrogens is 1. The van der Waals surface area contributed by atoms with E-state index in [1.54, 1.807) is 12.0 Å². The third-order valence-electron chi connectivity index (χ3n) is 5.19. The maximum Gasteiger partial charge on any atom is 0.275 e. The van der Waals surface area contributed by atoms with E-state index in [0.717, 1.165) is 22.7 Å². The van der Waals surface area contributed by atoms with E-state index >= 15 is 0 Å². The maximum atomic E-state index is 12.5. The van der Waals surface area contributed by atoms with E-state index in [9.17, 15) is 4.79 Å². The van der Waals surface area contributed by atoms with Gasteiger partial charge in [0.05, 0.1) is 12.8 Å². The summed E-state index contributed by atoms with van der Waals surface area (Å²) in [5, 5.41) is 11.4. The molecule has 0 spiro atoms. The number of rotatable bonds is 5. The highest BCUT2D eigenvalue weighted by Gasteiger charge is 2.34. The average molecular weight is 401 g/mol. The van der Waals surface area contributed by atoms with E-state index in [1.165, 1.54) is 0 Å². The fraction of sp³-hybridized carbons (Fsp3) is 0.182. The average Bonchev–Trinajstić information content (AvgIpc) is 3.53. The number of hydrogen-bond acceptors (Lipinski definition) is 6. The van der Waals surface area contributed by atoms with E-state index in [1.807, 2.05) is 60.7 Å². The van der Waals surface area contributed by atoms with Crippen LogP contribution >= 0.6 is 0 Å². The molecule has 0 saturated carbocycles. The summed E-state index contributed by atoms with van der Waals surface area (Å²) in [6.45, 7) is 0.502. The van der Waals surface area contributed by atoms with E-state index in [0.29, 0.717) is 30.4 Å². The Kier molecular flexibility index (Phi) is 4.51. The van der Waals surface area contributed by atoms with Crippen LogP contribution in [0.3, 0.4) is 0 Å². The molecule has 2 aromatic heterocycles. The summed E-state index contributed by atoms with van der Waals surface area (Å²) in [4.78, 5) is 18.8. The lowest BCUT2D eigenvalue weighted by atomic mass is 10.1. The highest BCUT2D eigenvalue weighted by molar-refractivity contribution is 5.96. The largest absolute Gasteiger partial charge is 0.497 e. The number of aromatic amines is 1. The van der Waals surface area contributed by atoms with Gasteiger partial charge in [-0.3, -0.25) is 9.89 Å². The van der Waals surface area contributed by atoms with Crippen LogP contribution in [0, 0.1) is 0 Å². The molecule has 4 aromatic rings. The Morgan fingerprint density at radius 1 is 1.13 bits per heavy atom. The van der Waals surface area contributed by atoms with Crippen molar-refractivity contribution in [2.24, 2.45) is 0 Å². The predicted octanol–water partition coefficient (Wildman–Crippen LogP) is 3.66. The lowest BCUT2D eigenvalue weighted by molar-refractivity contribution is -0.117. The fourth-order valence-corrected chi connectivity index (χ4v) is 3.59. The van der Waals surface area contributed by atoms with E-state index < -0.39 is 0 Å². The molecule has 0 radical (unpaired) electrons. The summed E-state index contributed by atoms with van der Waals surface area (Å²) in [5.41, 5.74) is 3.26. The number of anilines is 1. The number of nitrogens with zero attached hydrogens (tertiary/aromatic N) is 4. The quantitative estimate of drug-likeness (QED) is 0.548. The number of hydrogen-bond donors (Lipinski definition) is 1. The minimum atomic E-state index is -0.131. The Balaban J connectivity index is 1.33. The standard InChI is InChI=1S/C22H19N5O3/c1-29-17-9-7-16(8-10-17)27-13-15(11-20(27)28)21-23-22(30-26-21)19-12-18(24-25-19)14-5-3-2-4-6-14/h2-10,12,15H,11,13H2,1H3,(H,24,25). The van der Waals surface area contributed by atoms with Crippen LogP contribution in [0.5, 0.6) is 5.75 Å². The molecule has 1 amide bonds. The van der Waals surface area contributed by atoms with Gasteiger partial charge in [0.2, 0.25) is 5.91 Å². The molecule has 8 heteroatoms. The van der Waals surface area contributed by atoms with Gasteiger partial charge in [0.1, 0.15) is 11.4 Å². The van der Waals surface area contributed by atoms with Gasteiger partial charge in [0, 0.05) is 30.1 Å². The van der Waals surface area contributed by atoms with Gasteiger partial charge in [0.15, 0.2) is 5.82 Å². The van der Waals surface area contributed by atoms with Gasteiger partial charge >= 0.3 is 0 Å². The normalized spacial score (nSPS) is 16.2. The maximum absolute atomic E-state index is 12.5. The lowest BCUT2D eigenvalue weighted by Crippen LogP contribution is -2.24. The van der Waals surface area contributed by atoms with Gasteiger partial charge in [-0.1, -0.05) is 35.5 Å². The van der Waals surface area contributed by atoms with Crippen LogP contribution in [0.1, 0.15) is 18.2 Å². The summed E-state index contributed by atoms with van der Waals surface area (Å²) in [6.07, 6.45) is 0.337. The summed E-state index contributed by atoms with van der Waals surface area (Å²) in [6, 6.07) is 19.1. The van der Waals surface area contributed by atoms with Gasteiger partial charge in [0.25, 0.3) is 5.89 Å². The van der Waals surface area contributed by atoms with Crippen molar-refractivity contribution in [1.29, 1.82) is 0 Å². The molecule has 1 unspecified atom stereocenters. The number of ether oxygens (including phenoxy) is 1. The molecule has 1 N–H and O–H groups in total. The van der Waals surface area contributed by atoms with E-state index in [-0.39, 0.29) is 11.8 Å². The smallest absolute Gasteiger partial charge is 0.275 e. The third kappa shape index (κ3) is 3.32. The summed E-state index contributed by atoms with van der Waals surface area (Å²) in [5.74, 6) is 1.53. The van der Waals surface area contributed by atoms with Crippen LogP contribution in [0.25, 0.3) is 22.8 Å².